The number of fused-ring (bicyclic) bond motifs is 1. The van der Waals surface area contributed by atoms with Crippen molar-refractivity contribution in [1.82, 2.24) is 15.0 Å². The molecular weight excluding hydrogens is 454 g/mol. The number of hydrogen-bond acceptors (Lipinski definition) is 8. The van der Waals surface area contributed by atoms with Gasteiger partial charge in [-0.2, -0.15) is 9.97 Å². The van der Waals surface area contributed by atoms with E-state index >= 15 is 0 Å². The van der Waals surface area contributed by atoms with E-state index in [9.17, 15) is 0 Å². The van der Waals surface area contributed by atoms with Crippen molar-refractivity contribution < 1.29 is 14.2 Å². The largest absolute Gasteiger partial charge is 0.496 e. The summed E-state index contributed by atoms with van der Waals surface area (Å²) in [6.07, 6.45) is 0. The molecule has 2 saturated heterocycles. The molecule has 34 heavy (non-hydrogen) atoms. The van der Waals surface area contributed by atoms with Crippen LogP contribution in [0, 0.1) is 0 Å². The molecule has 1 unspecified atom stereocenters. The van der Waals surface area contributed by atoms with Crippen molar-refractivity contribution in [3.05, 3.63) is 35.9 Å². The van der Waals surface area contributed by atoms with Gasteiger partial charge in [0.1, 0.15) is 11.6 Å². The molecule has 0 bridgehead atoms. The molecule has 3 aromatic rings. The molecule has 2 aliphatic rings. The molecule has 0 aliphatic carbocycles. The van der Waals surface area contributed by atoms with E-state index in [0.717, 1.165) is 46.9 Å². The number of methoxy groups -OCH3 is 1. The molecule has 0 saturated carbocycles. The van der Waals surface area contributed by atoms with Gasteiger partial charge in [-0.1, -0.05) is 0 Å². The maximum atomic E-state index is 6.15. The first-order valence-corrected chi connectivity index (χ1v) is 12.2. The third-order valence-corrected chi connectivity index (χ3v) is 6.80. The average Bonchev–Trinajstić information content (AvgIpc) is 2.88. The molecule has 2 fully saturated rings. The molecule has 4 heterocycles. The Kier molecular flexibility index (Phi) is 6.72. The number of nitrogens with zero attached hydrogens (tertiary/aromatic N) is 5. The molecule has 0 amide bonds. The Morgan fingerprint density at radius 2 is 1.71 bits per heavy atom. The molecule has 0 spiro atoms. The summed E-state index contributed by atoms with van der Waals surface area (Å²) in [4.78, 5) is 19.5. The third-order valence-electron chi connectivity index (χ3n) is 6.51. The number of pyridine rings is 1. The normalized spacial score (nSPS) is 21.2. The van der Waals surface area contributed by atoms with Crippen LogP contribution in [0.5, 0.6) is 5.75 Å². The zero-order valence-corrected chi connectivity index (χ0v) is 20.6. The van der Waals surface area contributed by atoms with Gasteiger partial charge < -0.3 is 24.0 Å². The van der Waals surface area contributed by atoms with Crippen LogP contribution >= 0.6 is 11.6 Å². The lowest BCUT2D eigenvalue weighted by Crippen LogP contribution is -2.46. The molecular formula is C25H30ClN5O3. The Labute approximate surface area is 204 Å². The highest BCUT2D eigenvalue weighted by Gasteiger charge is 2.27. The van der Waals surface area contributed by atoms with E-state index in [1.165, 1.54) is 0 Å². The second-order valence-electron chi connectivity index (χ2n) is 8.81. The number of rotatable bonds is 5. The fourth-order valence-electron chi connectivity index (χ4n) is 4.60. The lowest BCUT2D eigenvalue weighted by atomic mass is 10.1. The van der Waals surface area contributed by atoms with Crippen LogP contribution in [0.4, 0.5) is 11.8 Å². The van der Waals surface area contributed by atoms with Gasteiger partial charge in [0, 0.05) is 24.2 Å². The molecule has 0 N–H and O–H groups in total. The summed E-state index contributed by atoms with van der Waals surface area (Å²) in [6, 6.07) is 10.5. The van der Waals surface area contributed by atoms with Crippen LogP contribution in [-0.2, 0) is 15.4 Å². The number of alkyl halides is 1. The fraction of sp³-hybridized carbons (Fsp3) is 0.480. The van der Waals surface area contributed by atoms with Crippen molar-refractivity contribution in [3.63, 3.8) is 0 Å². The SMILES string of the molecule is COc1ccc(-c2ccc3c(N4CCOC[C@@H]4C)nc(N4CCOCC4C)nc3n2)cc1CCl. The number of aromatic nitrogens is 3. The lowest BCUT2D eigenvalue weighted by Gasteiger charge is -2.37. The summed E-state index contributed by atoms with van der Waals surface area (Å²) >= 11 is 6.15. The number of anilines is 2. The number of halogens is 1. The Morgan fingerprint density at radius 3 is 2.38 bits per heavy atom. The van der Waals surface area contributed by atoms with E-state index < -0.39 is 0 Å². The van der Waals surface area contributed by atoms with Crippen molar-refractivity contribution in [2.75, 3.05) is 56.4 Å². The Hall–Kier alpha value is -2.68. The van der Waals surface area contributed by atoms with Gasteiger partial charge in [-0.3, -0.25) is 0 Å². The summed E-state index contributed by atoms with van der Waals surface area (Å²) in [5.41, 5.74) is 3.41. The standard InChI is InChI=1S/C25H30ClN5O3/c1-16-14-33-10-8-30(16)24-20-5-6-21(18-4-7-22(32-3)19(12-18)13-26)27-23(20)28-25(29-24)31-9-11-34-15-17(31)2/h4-7,12,16-17H,8-11,13-15H2,1-3H3/t16-,17?/m0/s1. The number of benzene rings is 1. The van der Waals surface area contributed by atoms with Gasteiger partial charge >= 0.3 is 0 Å². The molecule has 2 aliphatic heterocycles. The maximum absolute atomic E-state index is 6.15. The van der Waals surface area contributed by atoms with Crippen LogP contribution in [-0.4, -0.2) is 73.7 Å². The monoisotopic (exact) mass is 483 g/mol. The average molecular weight is 484 g/mol. The smallest absolute Gasteiger partial charge is 0.229 e. The van der Waals surface area contributed by atoms with Crippen molar-refractivity contribution in [2.45, 2.75) is 31.8 Å². The molecule has 5 rings (SSSR count). The topological polar surface area (TPSA) is 72.8 Å². The van der Waals surface area contributed by atoms with E-state index in [1.807, 2.05) is 24.3 Å². The highest BCUT2D eigenvalue weighted by atomic mass is 35.5. The lowest BCUT2D eigenvalue weighted by molar-refractivity contribution is 0.0973. The van der Waals surface area contributed by atoms with Crippen molar-refractivity contribution in [2.24, 2.45) is 0 Å². The Bertz CT molecular complexity index is 1180. The quantitative estimate of drug-likeness (QED) is 0.506. The third kappa shape index (κ3) is 4.37. The second-order valence-corrected chi connectivity index (χ2v) is 9.08. The molecule has 1 aromatic carbocycles. The van der Waals surface area contributed by atoms with Crippen LogP contribution < -0.4 is 14.5 Å². The first-order valence-electron chi connectivity index (χ1n) is 11.7. The van der Waals surface area contributed by atoms with Gasteiger partial charge in [-0.05, 0) is 44.2 Å². The first-order chi connectivity index (χ1) is 16.6. The number of morpholine rings is 2. The predicted octanol–water partition coefficient (Wildman–Crippen LogP) is 3.89. The maximum Gasteiger partial charge on any atom is 0.229 e. The van der Waals surface area contributed by atoms with Gasteiger partial charge in [-0.15, -0.1) is 11.6 Å². The molecule has 9 heteroatoms. The van der Waals surface area contributed by atoms with Gasteiger partial charge in [0.2, 0.25) is 5.95 Å². The van der Waals surface area contributed by atoms with Crippen molar-refractivity contribution >= 4 is 34.4 Å². The summed E-state index contributed by atoms with van der Waals surface area (Å²) in [6.45, 7) is 8.51. The number of ether oxygens (including phenoxy) is 3. The van der Waals surface area contributed by atoms with Crippen LogP contribution in [0.25, 0.3) is 22.3 Å². The van der Waals surface area contributed by atoms with Gasteiger partial charge in [0.15, 0.2) is 5.65 Å². The molecule has 180 valence electrons. The van der Waals surface area contributed by atoms with Crippen LogP contribution in [0.15, 0.2) is 30.3 Å². The summed E-state index contributed by atoms with van der Waals surface area (Å²) in [7, 11) is 1.65. The van der Waals surface area contributed by atoms with Crippen LogP contribution in [0.1, 0.15) is 19.4 Å². The van der Waals surface area contributed by atoms with Crippen molar-refractivity contribution in [3.8, 4) is 17.0 Å². The zero-order chi connectivity index (χ0) is 23.7. The van der Waals surface area contributed by atoms with E-state index in [4.69, 9.17) is 40.8 Å². The minimum absolute atomic E-state index is 0.192. The summed E-state index contributed by atoms with van der Waals surface area (Å²) in [5.74, 6) is 2.74. The van der Waals surface area contributed by atoms with E-state index in [0.29, 0.717) is 43.9 Å². The van der Waals surface area contributed by atoms with Crippen molar-refractivity contribution in [1.29, 1.82) is 0 Å². The van der Waals surface area contributed by atoms with Crippen LogP contribution in [0.2, 0.25) is 0 Å². The first kappa shape index (κ1) is 23.1. The second kappa shape index (κ2) is 9.90. The molecule has 2 atom stereocenters. The highest BCUT2D eigenvalue weighted by Crippen LogP contribution is 2.32. The predicted molar refractivity (Wildman–Crippen MR) is 134 cm³/mol. The van der Waals surface area contributed by atoms with Crippen LogP contribution in [0.3, 0.4) is 0 Å². The van der Waals surface area contributed by atoms with Gasteiger partial charge in [0.05, 0.1) is 62.6 Å². The minimum Gasteiger partial charge on any atom is -0.496 e. The summed E-state index contributed by atoms with van der Waals surface area (Å²) < 4.78 is 16.7. The fourth-order valence-corrected chi connectivity index (χ4v) is 4.81. The van der Waals surface area contributed by atoms with Gasteiger partial charge in [0.25, 0.3) is 0 Å². The highest BCUT2D eigenvalue weighted by molar-refractivity contribution is 6.17. The molecule has 0 radical (unpaired) electrons. The van der Waals surface area contributed by atoms with E-state index in [2.05, 4.69) is 29.7 Å². The minimum atomic E-state index is 0.192. The Morgan fingerprint density at radius 1 is 0.971 bits per heavy atom. The number of hydrogen-bond donors (Lipinski definition) is 0. The molecule has 8 nitrogen and oxygen atoms in total. The Balaban J connectivity index is 1.64. The zero-order valence-electron chi connectivity index (χ0n) is 19.8. The van der Waals surface area contributed by atoms with Gasteiger partial charge in [-0.25, -0.2) is 4.98 Å². The van der Waals surface area contributed by atoms with E-state index in [-0.39, 0.29) is 12.1 Å². The molecule has 2 aromatic heterocycles. The summed E-state index contributed by atoms with van der Waals surface area (Å²) in [5, 5.41) is 0.938. The van der Waals surface area contributed by atoms with E-state index in [1.54, 1.807) is 7.11 Å².